The Morgan fingerprint density at radius 1 is 1.00 bits per heavy atom. The van der Waals surface area contributed by atoms with E-state index in [1.807, 2.05) is 0 Å². The molecule has 2 aromatic carbocycles. The molecule has 0 spiro atoms. The molecule has 0 aliphatic carbocycles. The third-order valence-corrected chi connectivity index (χ3v) is 4.41. The van der Waals surface area contributed by atoms with Crippen LogP contribution in [0.15, 0.2) is 40.9 Å². The predicted molar refractivity (Wildman–Crippen MR) is 80.8 cm³/mol. The summed E-state index contributed by atoms with van der Waals surface area (Å²) < 4.78 is 1.12. The number of hydrogen-bond acceptors (Lipinski definition) is 1. The van der Waals surface area contributed by atoms with Gasteiger partial charge in [-0.3, -0.25) is 0 Å². The van der Waals surface area contributed by atoms with Crippen molar-refractivity contribution in [2.75, 3.05) is 0 Å². The molecule has 2 aromatic rings. The van der Waals surface area contributed by atoms with Crippen LogP contribution in [0.2, 0.25) is 0 Å². The molecule has 1 unspecified atom stereocenters. The number of halogens is 1. The molecule has 0 fully saturated rings. The Labute approximate surface area is 117 Å². The fourth-order valence-corrected chi connectivity index (χ4v) is 2.40. The van der Waals surface area contributed by atoms with Crippen LogP contribution in [0.4, 0.5) is 0 Å². The minimum Gasteiger partial charge on any atom is -0.320 e. The number of rotatable bonds is 2. The number of nitrogens with two attached hydrogens (primary N) is 1. The quantitative estimate of drug-likeness (QED) is 0.873. The largest absolute Gasteiger partial charge is 0.320 e. The van der Waals surface area contributed by atoms with E-state index in [0.29, 0.717) is 0 Å². The van der Waals surface area contributed by atoms with E-state index in [4.69, 9.17) is 5.73 Å². The number of benzene rings is 2. The average Bonchev–Trinajstić information content (AvgIpc) is 2.35. The maximum atomic E-state index is 6.39. The summed E-state index contributed by atoms with van der Waals surface area (Å²) in [5.41, 5.74) is 12.5. The lowest BCUT2D eigenvalue weighted by atomic mass is 9.93. The number of hydrogen-bond donors (Lipinski definition) is 1. The van der Waals surface area contributed by atoms with Crippen molar-refractivity contribution in [3.8, 4) is 0 Å². The third-order valence-electron chi connectivity index (χ3n) is 3.52. The van der Waals surface area contributed by atoms with Gasteiger partial charge in [0.15, 0.2) is 0 Å². The molecule has 2 N–H and O–H groups in total. The van der Waals surface area contributed by atoms with Gasteiger partial charge in [0.05, 0.1) is 6.04 Å². The van der Waals surface area contributed by atoms with Crippen molar-refractivity contribution in [1.29, 1.82) is 0 Å². The van der Waals surface area contributed by atoms with Crippen LogP contribution in [0.1, 0.15) is 33.9 Å². The van der Waals surface area contributed by atoms with Crippen LogP contribution in [-0.4, -0.2) is 0 Å². The monoisotopic (exact) mass is 303 g/mol. The van der Waals surface area contributed by atoms with Gasteiger partial charge in [0.2, 0.25) is 0 Å². The zero-order valence-electron chi connectivity index (χ0n) is 11.0. The summed E-state index contributed by atoms with van der Waals surface area (Å²) >= 11 is 3.52. The molecule has 0 heterocycles. The molecule has 18 heavy (non-hydrogen) atoms. The summed E-state index contributed by atoms with van der Waals surface area (Å²) in [6.07, 6.45) is 0. The van der Waals surface area contributed by atoms with Crippen molar-refractivity contribution in [3.63, 3.8) is 0 Å². The summed E-state index contributed by atoms with van der Waals surface area (Å²) in [5, 5.41) is 0. The molecule has 0 amide bonds. The molecule has 0 aliphatic rings. The molecule has 2 rings (SSSR count). The first-order chi connectivity index (χ1) is 8.50. The third kappa shape index (κ3) is 2.50. The Morgan fingerprint density at radius 3 is 2.39 bits per heavy atom. The molecule has 0 bridgehead atoms. The smallest absolute Gasteiger partial charge is 0.0554 e. The molecule has 94 valence electrons. The first kappa shape index (κ1) is 13.3. The summed E-state index contributed by atoms with van der Waals surface area (Å²) in [6.45, 7) is 6.35. The highest BCUT2D eigenvalue weighted by molar-refractivity contribution is 9.10. The second-order valence-corrected chi connectivity index (χ2v) is 5.63. The fourth-order valence-electron chi connectivity index (χ4n) is 2.15. The first-order valence-corrected chi connectivity index (χ1v) is 6.87. The van der Waals surface area contributed by atoms with E-state index >= 15 is 0 Å². The minimum atomic E-state index is -0.0586. The lowest BCUT2D eigenvalue weighted by Crippen LogP contribution is -2.14. The van der Waals surface area contributed by atoms with Crippen LogP contribution in [-0.2, 0) is 0 Å². The highest BCUT2D eigenvalue weighted by Crippen LogP contribution is 2.27. The van der Waals surface area contributed by atoms with Gasteiger partial charge in [-0.25, -0.2) is 0 Å². The van der Waals surface area contributed by atoms with E-state index in [9.17, 15) is 0 Å². The van der Waals surface area contributed by atoms with Gasteiger partial charge in [-0.1, -0.05) is 46.3 Å². The van der Waals surface area contributed by atoms with Gasteiger partial charge in [0.25, 0.3) is 0 Å². The molecule has 0 radical (unpaired) electrons. The predicted octanol–water partition coefficient (Wildman–Crippen LogP) is 4.42. The van der Waals surface area contributed by atoms with Crippen LogP contribution in [0.5, 0.6) is 0 Å². The second kappa shape index (κ2) is 5.25. The minimum absolute atomic E-state index is 0.0586. The zero-order valence-corrected chi connectivity index (χ0v) is 12.6. The SMILES string of the molecule is Cc1cc(C(N)c2cccc(C)c2C)ccc1Br. The van der Waals surface area contributed by atoms with Gasteiger partial charge in [-0.2, -0.15) is 0 Å². The van der Waals surface area contributed by atoms with E-state index in [-0.39, 0.29) is 6.04 Å². The normalized spacial score (nSPS) is 12.5. The van der Waals surface area contributed by atoms with E-state index in [1.54, 1.807) is 0 Å². The number of aryl methyl sites for hydroxylation is 2. The summed E-state index contributed by atoms with van der Waals surface area (Å²) in [6, 6.07) is 12.6. The topological polar surface area (TPSA) is 26.0 Å². The second-order valence-electron chi connectivity index (χ2n) is 4.78. The van der Waals surface area contributed by atoms with Crippen LogP contribution in [0.25, 0.3) is 0 Å². The maximum absolute atomic E-state index is 6.39. The van der Waals surface area contributed by atoms with Crippen LogP contribution >= 0.6 is 15.9 Å². The molecule has 0 saturated heterocycles. The van der Waals surface area contributed by atoms with Crippen LogP contribution in [0.3, 0.4) is 0 Å². The van der Waals surface area contributed by atoms with E-state index in [1.165, 1.54) is 22.3 Å². The van der Waals surface area contributed by atoms with Crippen molar-refractivity contribution in [3.05, 3.63) is 68.7 Å². The van der Waals surface area contributed by atoms with E-state index < -0.39 is 0 Å². The molecule has 2 heteroatoms. The molecule has 1 atom stereocenters. The fraction of sp³-hybridized carbons (Fsp3) is 0.250. The van der Waals surface area contributed by atoms with Gasteiger partial charge in [0, 0.05) is 4.47 Å². The Balaban J connectivity index is 2.44. The molecular weight excluding hydrogens is 286 g/mol. The Hall–Kier alpha value is -1.12. The highest BCUT2D eigenvalue weighted by Gasteiger charge is 2.12. The van der Waals surface area contributed by atoms with Crippen LogP contribution < -0.4 is 5.73 Å². The summed E-state index contributed by atoms with van der Waals surface area (Å²) in [7, 11) is 0. The standard InChI is InChI=1S/C16H18BrN/c1-10-5-4-6-14(12(10)3)16(18)13-7-8-15(17)11(2)9-13/h4-9,16H,18H2,1-3H3. The van der Waals surface area contributed by atoms with Gasteiger partial charge in [-0.05, 0) is 54.7 Å². The van der Waals surface area contributed by atoms with Crippen molar-refractivity contribution in [2.45, 2.75) is 26.8 Å². The van der Waals surface area contributed by atoms with Gasteiger partial charge in [-0.15, -0.1) is 0 Å². The van der Waals surface area contributed by atoms with Gasteiger partial charge in [0.1, 0.15) is 0 Å². The summed E-state index contributed by atoms with van der Waals surface area (Å²) in [4.78, 5) is 0. The highest BCUT2D eigenvalue weighted by atomic mass is 79.9. The van der Waals surface area contributed by atoms with Crippen molar-refractivity contribution < 1.29 is 0 Å². The molecule has 0 aliphatic heterocycles. The van der Waals surface area contributed by atoms with Crippen LogP contribution in [0, 0.1) is 20.8 Å². The zero-order chi connectivity index (χ0) is 13.3. The van der Waals surface area contributed by atoms with Gasteiger partial charge < -0.3 is 5.73 Å². The van der Waals surface area contributed by atoms with Crippen molar-refractivity contribution in [2.24, 2.45) is 5.73 Å². The summed E-state index contributed by atoms with van der Waals surface area (Å²) in [5.74, 6) is 0. The van der Waals surface area contributed by atoms with Crippen molar-refractivity contribution in [1.82, 2.24) is 0 Å². The van der Waals surface area contributed by atoms with E-state index in [2.05, 4.69) is 73.1 Å². The molecule has 1 nitrogen and oxygen atoms in total. The lowest BCUT2D eigenvalue weighted by Gasteiger charge is -2.17. The maximum Gasteiger partial charge on any atom is 0.0554 e. The van der Waals surface area contributed by atoms with E-state index in [0.717, 1.165) is 10.0 Å². The Morgan fingerprint density at radius 2 is 1.72 bits per heavy atom. The first-order valence-electron chi connectivity index (χ1n) is 6.08. The van der Waals surface area contributed by atoms with Gasteiger partial charge >= 0.3 is 0 Å². The molecule has 0 aromatic heterocycles. The Bertz CT molecular complexity index is 575. The molecule has 0 saturated carbocycles. The lowest BCUT2D eigenvalue weighted by molar-refractivity contribution is 0.857. The average molecular weight is 304 g/mol. The molecular formula is C16H18BrN. The van der Waals surface area contributed by atoms with Crippen molar-refractivity contribution >= 4 is 15.9 Å². The Kier molecular flexibility index (Phi) is 3.88.